The molecular weight excluding hydrogens is 398 g/mol. The molecule has 0 fully saturated rings. The average Bonchev–Trinajstić information content (AvgIpc) is 2.76. The molecular formula is C24H32NO6+. The molecule has 0 amide bonds. The van der Waals surface area contributed by atoms with Crippen molar-refractivity contribution in [1.29, 1.82) is 0 Å². The number of hydrogen-bond donors (Lipinski definition) is 1. The van der Waals surface area contributed by atoms with E-state index in [2.05, 4.69) is 19.2 Å². The first-order valence-electron chi connectivity index (χ1n) is 10.3. The van der Waals surface area contributed by atoms with Crippen molar-refractivity contribution < 1.29 is 33.3 Å². The van der Waals surface area contributed by atoms with Crippen LogP contribution in [0.3, 0.4) is 0 Å². The van der Waals surface area contributed by atoms with E-state index >= 15 is 0 Å². The Morgan fingerprint density at radius 1 is 0.968 bits per heavy atom. The third-order valence-corrected chi connectivity index (χ3v) is 6.09. The van der Waals surface area contributed by atoms with E-state index in [1.165, 1.54) is 11.1 Å². The zero-order valence-corrected chi connectivity index (χ0v) is 18.9. The summed E-state index contributed by atoms with van der Waals surface area (Å²) < 4.78 is 22.6. The van der Waals surface area contributed by atoms with Gasteiger partial charge in [-0.25, -0.2) is 0 Å². The number of benzene rings is 2. The Hall–Kier alpha value is -2.93. The standard InChI is InChI=1S/C24H31NO6/c1-25(9-8-24(26)27)14-17(10-16-6-7-20(28-2)21(11-16)29-3)19-13-23(31-5)22(30-4)12-18(19)15-25/h6-7,11-13,17H,8-10,14-15H2,1-5H3/p+1/t17-,25-/m1/s1. The number of rotatable bonds is 9. The number of carbonyl (C=O) groups is 1. The van der Waals surface area contributed by atoms with Crippen LogP contribution >= 0.6 is 0 Å². The van der Waals surface area contributed by atoms with E-state index in [9.17, 15) is 9.90 Å². The molecule has 2 aromatic rings. The van der Waals surface area contributed by atoms with Crippen molar-refractivity contribution >= 4 is 5.97 Å². The van der Waals surface area contributed by atoms with E-state index < -0.39 is 5.97 Å². The molecule has 31 heavy (non-hydrogen) atoms. The summed E-state index contributed by atoms with van der Waals surface area (Å²) in [6.07, 6.45) is 0.936. The SMILES string of the molecule is COc1ccc(C[C@@H]2C[N@@+](C)(CCC(=O)O)Cc3cc(OC)c(OC)cc32)cc1OC. The molecule has 1 heterocycles. The summed E-state index contributed by atoms with van der Waals surface area (Å²) in [5.74, 6) is 2.22. The second-order valence-electron chi connectivity index (χ2n) is 8.32. The van der Waals surface area contributed by atoms with E-state index in [1.807, 2.05) is 18.2 Å². The number of carboxylic acids is 1. The lowest BCUT2D eigenvalue weighted by atomic mass is 9.83. The molecule has 0 aromatic heterocycles. The number of quaternary nitrogens is 1. The van der Waals surface area contributed by atoms with E-state index in [0.29, 0.717) is 34.0 Å². The van der Waals surface area contributed by atoms with Gasteiger partial charge in [0.2, 0.25) is 0 Å². The lowest BCUT2D eigenvalue weighted by Gasteiger charge is -2.42. The molecule has 1 N–H and O–H groups in total. The van der Waals surface area contributed by atoms with Crippen molar-refractivity contribution in [2.45, 2.75) is 25.3 Å². The molecule has 0 spiro atoms. The molecule has 3 rings (SSSR count). The first-order valence-corrected chi connectivity index (χ1v) is 10.3. The Morgan fingerprint density at radius 2 is 1.58 bits per heavy atom. The first kappa shape index (κ1) is 22.7. The minimum atomic E-state index is -0.770. The zero-order valence-electron chi connectivity index (χ0n) is 18.9. The number of fused-ring (bicyclic) bond motifs is 1. The highest BCUT2D eigenvalue weighted by Gasteiger charge is 2.36. The highest BCUT2D eigenvalue weighted by atomic mass is 16.5. The number of likely N-dealkylation sites (N-methyl/N-ethyl adjacent to an activating group) is 1. The predicted octanol–water partition coefficient (Wildman–Crippen LogP) is 3.48. The zero-order chi connectivity index (χ0) is 22.6. The van der Waals surface area contributed by atoms with Crippen LogP contribution in [0.1, 0.15) is 29.0 Å². The van der Waals surface area contributed by atoms with Crippen molar-refractivity contribution in [2.75, 3.05) is 48.6 Å². The Bertz CT molecular complexity index is 944. The normalized spacial score (nSPS) is 20.0. The number of nitrogens with zero attached hydrogens (tertiary/aromatic N) is 1. The van der Waals surface area contributed by atoms with Gasteiger partial charge in [0.15, 0.2) is 23.0 Å². The Labute approximate surface area is 183 Å². The van der Waals surface area contributed by atoms with Gasteiger partial charge in [-0.2, -0.15) is 0 Å². The Kier molecular flexibility index (Phi) is 6.95. The quantitative estimate of drug-likeness (QED) is 0.614. The molecule has 2 aromatic carbocycles. The fraction of sp³-hybridized carbons (Fsp3) is 0.458. The van der Waals surface area contributed by atoms with Gasteiger partial charge in [0.1, 0.15) is 6.54 Å². The maximum absolute atomic E-state index is 11.2. The molecule has 0 bridgehead atoms. The number of hydrogen-bond acceptors (Lipinski definition) is 5. The maximum Gasteiger partial charge on any atom is 0.309 e. The molecule has 2 atom stereocenters. The van der Waals surface area contributed by atoms with E-state index in [0.717, 1.165) is 25.1 Å². The number of methoxy groups -OCH3 is 4. The summed E-state index contributed by atoms with van der Waals surface area (Å²) in [7, 11) is 8.66. The minimum Gasteiger partial charge on any atom is -0.493 e. The molecule has 7 heteroatoms. The fourth-order valence-electron chi connectivity index (χ4n) is 4.56. The average molecular weight is 431 g/mol. The summed E-state index contributed by atoms with van der Waals surface area (Å²) in [5, 5.41) is 9.24. The Balaban J connectivity index is 2.00. The summed E-state index contributed by atoms with van der Waals surface area (Å²) in [5.41, 5.74) is 3.52. The van der Waals surface area contributed by atoms with Crippen LogP contribution in [0, 0.1) is 0 Å². The van der Waals surface area contributed by atoms with Crippen molar-refractivity contribution in [3.8, 4) is 23.0 Å². The van der Waals surface area contributed by atoms with Gasteiger partial charge in [-0.05, 0) is 41.8 Å². The predicted molar refractivity (Wildman–Crippen MR) is 117 cm³/mol. The van der Waals surface area contributed by atoms with Crippen LogP contribution in [-0.2, 0) is 17.8 Å². The summed E-state index contributed by atoms with van der Waals surface area (Å²) >= 11 is 0. The molecule has 7 nitrogen and oxygen atoms in total. The van der Waals surface area contributed by atoms with Gasteiger partial charge in [-0.3, -0.25) is 4.79 Å². The third-order valence-electron chi connectivity index (χ3n) is 6.09. The largest absolute Gasteiger partial charge is 0.493 e. The van der Waals surface area contributed by atoms with Gasteiger partial charge in [-0.1, -0.05) is 6.07 Å². The second kappa shape index (κ2) is 9.47. The summed E-state index contributed by atoms with van der Waals surface area (Å²) in [6.45, 7) is 2.17. The number of aliphatic carboxylic acids is 1. The van der Waals surface area contributed by atoms with Gasteiger partial charge in [0, 0.05) is 11.5 Å². The lowest BCUT2D eigenvalue weighted by Crippen LogP contribution is -2.50. The van der Waals surface area contributed by atoms with Gasteiger partial charge >= 0.3 is 5.97 Å². The first-order chi connectivity index (χ1) is 14.8. The molecule has 1 aliphatic rings. The molecule has 0 saturated heterocycles. The highest BCUT2D eigenvalue weighted by molar-refractivity contribution is 5.66. The van der Waals surface area contributed by atoms with E-state index in [1.54, 1.807) is 28.4 Å². The van der Waals surface area contributed by atoms with Crippen molar-refractivity contribution in [3.05, 3.63) is 47.0 Å². The monoisotopic (exact) mass is 430 g/mol. The van der Waals surface area contributed by atoms with Crippen LogP contribution < -0.4 is 18.9 Å². The fourth-order valence-corrected chi connectivity index (χ4v) is 4.56. The molecule has 168 valence electrons. The molecule has 1 aliphatic heterocycles. The second-order valence-corrected chi connectivity index (χ2v) is 8.32. The Morgan fingerprint density at radius 3 is 2.19 bits per heavy atom. The van der Waals surface area contributed by atoms with Gasteiger partial charge in [-0.15, -0.1) is 0 Å². The van der Waals surface area contributed by atoms with Crippen molar-refractivity contribution in [2.24, 2.45) is 0 Å². The van der Waals surface area contributed by atoms with Crippen LogP contribution in [0.4, 0.5) is 0 Å². The van der Waals surface area contributed by atoms with Gasteiger partial charge in [0.05, 0.1) is 55.0 Å². The highest BCUT2D eigenvalue weighted by Crippen LogP contribution is 2.41. The smallest absolute Gasteiger partial charge is 0.309 e. The molecule has 0 radical (unpaired) electrons. The van der Waals surface area contributed by atoms with Crippen LogP contribution in [-0.4, -0.2) is 64.1 Å². The summed E-state index contributed by atoms with van der Waals surface area (Å²) in [4.78, 5) is 11.2. The van der Waals surface area contributed by atoms with E-state index in [-0.39, 0.29) is 12.3 Å². The lowest BCUT2D eigenvalue weighted by molar-refractivity contribution is -0.925. The van der Waals surface area contributed by atoms with Crippen LogP contribution in [0.15, 0.2) is 30.3 Å². The van der Waals surface area contributed by atoms with Crippen molar-refractivity contribution in [1.82, 2.24) is 0 Å². The third kappa shape index (κ3) is 5.05. The summed E-state index contributed by atoms with van der Waals surface area (Å²) in [6, 6.07) is 10.1. The van der Waals surface area contributed by atoms with E-state index in [4.69, 9.17) is 18.9 Å². The topological polar surface area (TPSA) is 74.2 Å². The molecule has 0 saturated carbocycles. The van der Waals surface area contributed by atoms with Crippen molar-refractivity contribution in [3.63, 3.8) is 0 Å². The van der Waals surface area contributed by atoms with Crippen LogP contribution in [0.2, 0.25) is 0 Å². The minimum absolute atomic E-state index is 0.141. The molecule has 0 unspecified atom stereocenters. The molecule has 0 aliphatic carbocycles. The van der Waals surface area contributed by atoms with Crippen LogP contribution in [0.25, 0.3) is 0 Å². The van der Waals surface area contributed by atoms with Gasteiger partial charge < -0.3 is 28.5 Å². The van der Waals surface area contributed by atoms with Gasteiger partial charge in [0.25, 0.3) is 0 Å². The number of ether oxygens (including phenoxy) is 4. The van der Waals surface area contributed by atoms with Crippen LogP contribution in [0.5, 0.6) is 23.0 Å². The maximum atomic E-state index is 11.2. The number of carboxylic acid groups (broad SMARTS) is 1.